The molecule has 7 aliphatic rings. The van der Waals surface area contributed by atoms with Crippen LogP contribution in [-0.4, -0.2) is 149 Å². The summed E-state index contributed by atoms with van der Waals surface area (Å²) in [5.74, 6) is -0.992. The first-order chi connectivity index (χ1) is 46.7. The Labute approximate surface area is 563 Å². The number of benzene rings is 5. The van der Waals surface area contributed by atoms with Crippen molar-refractivity contribution in [1.82, 2.24) is 35.4 Å². The van der Waals surface area contributed by atoms with E-state index in [2.05, 4.69) is 31.6 Å². The maximum Gasteiger partial charge on any atom is 0.416 e. The van der Waals surface area contributed by atoms with Crippen molar-refractivity contribution in [3.63, 3.8) is 0 Å². The quantitative estimate of drug-likeness (QED) is 0.0396. The molecule has 0 radical (unpaired) electrons. The van der Waals surface area contributed by atoms with Crippen LogP contribution in [0.15, 0.2) is 97.1 Å². The van der Waals surface area contributed by atoms with Gasteiger partial charge in [-0.15, -0.1) is 5.10 Å². The largest absolute Gasteiger partial charge is 0.493 e. The molecule has 0 bridgehead atoms. The first-order valence-electron chi connectivity index (χ1n) is 33.9. The number of anilines is 4. The van der Waals surface area contributed by atoms with E-state index in [0.29, 0.717) is 78.4 Å². The van der Waals surface area contributed by atoms with Crippen LogP contribution in [0, 0.1) is 16.7 Å². The Morgan fingerprint density at radius 1 is 0.691 bits per heavy atom. The van der Waals surface area contributed by atoms with Gasteiger partial charge in [0.2, 0.25) is 23.6 Å². The highest BCUT2D eigenvalue weighted by atomic mass is 16.6. The highest BCUT2D eigenvalue weighted by Crippen LogP contribution is 2.58. The summed E-state index contributed by atoms with van der Waals surface area (Å²) in [7, 11) is 3.05. The molecular weight excluding hydrogens is 1240 g/mol. The third-order valence-corrected chi connectivity index (χ3v) is 20.2. The lowest BCUT2D eigenvalue weighted by molar-refractivity contribution is -0.132. The number of carbonyl (C=O) groups excluding carboxylic acids is 7. The van der Waals surface area contributed by atoms with Crippen LogP contribution in [0.3, 0.4) is 0 Å². The van der Waals surface area contributed by atoms with Gasteiger partial charge in [0.15, 0.2) is 29.2 Å². The highest BCUT2D eigenvalue weighted by Gasteiger charge is 2.58. The van der Waals surface area contributed by atoms with Crippen molar-refractivity contribution in [3.05, 3.63) is 119 Å². The number of nitrogens with one attached hydrogen (secondary N) is 4. The predicted molar refractivity (Wildman–Crippen MR) is 361 cm³/mol. The van der Waals surface area contributed by atoms with E-state index >= 15 is 0 Å². The lowest BCUT2D eigenvalue weighted by atomic mass is 9.95. The zero-order valence-corrected chi connectivity index (χ0v) is 56.0. The molecule has 1 unspecified atom stereocenters. The molecule has 7 amide bonds. The topological polar surface area (TPSA) is 278 Å². The average Bonchev–Trinajstić information content (AvgIpc) is 1.59. The van der Waals surface area contributed by atoms with Crippen molar-refractivity contribution in [2.45, 2.75) is 155 Å². The molecule has 5 N–H and O–H groups in total. The van der Waals surface area contributed by atoms with E-state index in [-0.39, 0.29) is 96.5 Å². The maximum atomic E-state index is 14.5. The van der Waals surface area contributed by atoms with Gasteiger partial charge in [-0.05, 0) is 137 Å². The van der Waals surface area contributed by atoms with Crippen LogP contribution in [0.1, 0.15) is 143 Å². The number of hydrogen-bond donors (Lipinski definition) is 5. The Kier molecular flexibility index (Phi) is 18.4. The molecule has 13 rings (SSSR count). The molecule has 24 heteroatoms. The molecule has 6 heterocycles. The van der Waals surface area contributed by atoms with Gasteiger partial charge in [0, 0.05) is 73.5 Å². The summed E-state index contributed by atoms with van der Waals surface area (Å²) >= 11 is 0. The number of aliphatic hydroxyl groups is 1. The number of hydrogen-bond acceptors (Lipinski definition) is 16. The number of amides is 7. The van der Waals surface area contributed by atoms with E-state index < -0.39 is 48.2 Å². The van der Waals surface area contributed by atoms with E-state index in [1.807, 2.05) is 78.0 Å². The highest BCUT2D eigenvalue weighted by molar-refractivity contribution is 6.07. The number of fused-ring (bicyclic) bond motifs is 9. The Balaban J connectivity index is 0.599. The maximum absolute atomic E-state index is 14.5. The van der Waals surface area contributed by atoms with Crippen molar-refractivity contribution < 1.29 is 62.4 Å². The summed E-state index contributed by atoms with van der Waals surface area (Å²) in [6.07, 6.45) is 5.09. The van der Waals surface area contributed by atoms with Gasteiger partial charge in [-0.2, -0.15) is 0 Å². The molecular formula is C73H85N11O13. The zero-order chi connectivity index (χ0) is 68.0. The summed E-state index contributed by atoms with van der Waals surface area (Å²) in [6.45, 7) is 11.7. The Morgan fingerprint density at radius 3 is 2.03 bits per heavy atom. The summed E-state index contributed by atoms with van der Waals surface area (Å²) in [5.41, 5.74) is 7.43. The summed E-state index contributed by atoms with van der Waals surface area (Å²) < 4.78 is 31.8. The number of para-hydroxylation sites is 1. The Morgan fingerprint density at radius 2 is 1.34 bits per heavy atom. The summed E-state index contributed by atoms with van der Waals surface area (Å²) in [5, 5.41) is 33.1. The van der Waals surface area contributed by atoms with E-state index in [1.54, 1.807) is 73.2 Å². The first kappa shape index (κ1) is 65.9. The first-order valence-corrected chi connectivity index (χ1v) is 33.9. The zero-order valence-electron chi connectivity index (χ0n) is 56.0. The van der Waals surface area contributed by atoms with Gasteiger partial charge in [0.1, 0.15) is 24.4 Å². The fourth-order valence-corrected chi connectivity index (χ4v) is 14.4. The molecule has 4 fully saturated rings. The predicted octanol–water partition coefficient (Wildman–Crippen LogP) is 9.64. The molecule has 2 saturated heterocycles. The smallest absolute Gasteiger partial charge is 0.416 e. The minimum atomic E-state index is -1.45. The molecule has 1 aromatic heterocycles. The van der Waals surface area contributed by atoms with Crippen LogP contribution >= 0.6 is 0 Å². The number of aromatic nitrogens is 3. The molecule has 6 aromatic rings. The van der Waals surface area contributed by atoms with Gasteiger partial charge in [0.05, 0.1) is 73.9 Å². The number of ether oxygens (including phenoxy) is 5. The van der Waals surface area contributed by atoms with Crippen LogP contribution < -0.4 is 50.0 Å². The van der Waals surface area contributed by atoms with E-state index in [9.17, 15) is 38.7 Å². The van der Waals surface area contributed by atoms with Gasteiger partial charge in [0.25, 0.3) is 11.8 Å². The van der Waals surface area contributed by atoms with Gasteiger partial charge >= 0.3 is 6.09 Å². The number of carbonyl (C=O) groups is 7. The van der Waals surface area contributed by atoms with Crippen LogP contribution in [0.5, 0.6) is 23.0 Å². The fourth-order valence-electron chi connectivity index (χ4n) is 14.4. The summed E-state index contributed by atoms with van der Waals surface area (Å²) in [6, 6.07) is 26.1. The number of methoxy groups -OCH3 is 2. The lowest BCUT2D eigenvalue weighted by Gasteiger charge is -2.31. The number of rotatable bonds is 22. The fraction of sp³-hybridized carbons (Fsp3) is 0.466. The Bertz CT molecular complexity index is 4050. The third-order valence-electron chi connectivity index (χ3n) is 20.2. The molecule has 5 atom stereocenters. The molecule has 2 spiro atoms. The molecule has 5 aromatic carbocycles. The van der Waals surface area contributed by atoms with Crippen LogP contribution in [0.2, 0.25) is 0 Å². The second kappa shape index (κ2) is 27.1. The van der Waals surface area contributed by atoms with Crippen molar-refractivity contribution >= 4 is 64.3 Å². The van der Waals surface area contributed by atoms with Gasteiger partial charge in [-0.3, -0.25) is 28.8 Å². The standard InChI is InChI=1S/C73H85N11O13/c1-42(2)63(77-61(85)23-24-62(86)80-38-46-15-9-10-16-49(46)64-65(84(43(3)4)79-78-64)50-17-11-12-18-54(50)80)67(88)75-44(5)66(87)76-47-21-19-45(20-22-47)39-97-71(92)83-55-34-60(58(94-7)32-52(55)69(90)82-41-73(27-28-73)36-56(82)70(83)91)96-30-14-8-13-29-95-59-33-53-51(31-57(59)93-6)68(89)81-40-72(25-26-72)35-48(81)37-74-53/h9-12,15-22,31-34,42-44,48,56,63,70,74,91H,8,13-14,23-30,35-41H2,1-7H3,(H,75,88)(H,76,87)(H,77,85)/t44-,48-,56-,63-,70?/m0/s1. The van der Waals surface area contributed by atoms with E-state index in [1.165, 1.54) is 26.9 Å². The second-order valence-electron chi connectivity index (χ2n) is 27.7. The van der Waals surface area contributed by atoms with Crippen molar-refractivity contribution in [2.75, 3.05) is 67.5 Å². The molecule has 97 heavy (non-hydrogen) atoms. The third kappa shape index (κ3) is 13.4. The molecule has 510 valence electrons. The van der Waals surface area contributed by atoms with Crippen molar-refractivity contribution in [1.29, 1.82) is 0 Å². The van der Waals surface area contributed by atoms with Crippen molar-refractivity contribution in [3.8, 4) is 45.5 Å². The van der Waals surface area contributed by atoms with Crippen molar-refractivity contribution in [2.24, 2.45) is 16.7 Å². The van der Waals surface area contributed by atoms with Crippen LogP contribution in [0.4, 0.5) is 27.5 Å². The Hall–Kier alpha value is -9.71. The summed E-state index contributed by atoms with van der Waals surface area (Å²) in [4.78, 5) is 104. The van der Waals surface area contributed by atoms with Gasteiger partial charge in [-0.25, -0.2) is 14.4 Å². The molecule has 5 aliphatic heterocycles. The number of nitrogens with zero attached hydrogens (tertiary/aromatic N) is 7. The van der Waals surface area contributed by atoms with Crippen LogP contribution in [-0.2, 0) is 37.1 Å². The lowest BCUT2D eigenvalue weighted by Crippen LogP contribution is -2.53. The molecule has 2 aliphatic carbocycles. The normalized spacial score (nSPS) is 19.5. The number of aliphatic hydroxyl groups excluding tert-OH is 1. The SMILES string of the molecule is COc1cc2c(cc1OCCCCCOc1cc3c(cc1OC)C(=O)N1CC4(CC4)C[C@H]1C(O)N3C(=O)OCc1ccc(NC(=O)[C@H](C)NC(=O)[C@@H](NC(=O)CCC(=O)N3Cc4ccccc4-c4nnn(C(C)C)c4-c4ccccc43)C(C)C)cc1)NC[C@@H]1CC3(CC3)CN1C2=O. The van der Waals surface area contributed by atoms with E-state index in [4.69, 9.17) is 23.7 Å². The van der Waals surface area contributed by atoms with Crippen LogP contribution in [0.25, 0.3) is 22.5 Å². The number of unbranched alkanes of at least 4 members (excludes halogenated alkanes) is 2. The minimum Gasteiger partial charge on any atom is -0.493 e. The molecule has 2 saturated carbocycles. The monoisotopic (exact) mass is 1320 g/mol. The minimum absolute atomic E-state index is 0.0169. The van der Waals surface area contributed by atoms with Gasteiger partial charge in [-0.1, -0.05) is 73.7 Å². The van der Waals surface area contributed by atoms with Gasteiger partial charge < -0.3 is 64.8 Å². The average molecular weight is 1320 g/mol. The van der Waals surface area contributed by atoms with E-state index in [0.717, 1.165) is 70.9 Å². The molecule has 24 nitrogen and oxygen atoms in total. The second-order valence-corrected chi connectivity index (χ2v) is 27.7.